The van der Waals surface area contributed by atoms with Crippen molar-refractivity contribution in [2.75, 3.05) is 0 Å². The van der Waals surface area contributed by atoms with Crippen molar-refractivity contribution in [2.24, 2.45) is 0 Å². The minimum atomic E-state index is -0.215. The van der Waals surface area contributed by atoms with Gasteiger partial charge in [-0.1, -0.05) is 11.6 Å². The van der Waals surface area contributed by atoms with Crippen molar-refractivity contribution >= 4 is 17.2 Å². The Morgan fingerprint density at radius 2 is 1.88 bits per heavy atom. The molecule has 84 valence electrons. The topological polar surface area (TPSA) is 52.2 Å². The molecule has 0 radical (unpaired) electrons. The second-order valence-corrected chi connectivity index (χ2v) is 3.95. The maximum atomic E-state index is 12.1. The van der Waals surface area contributed by atoms with Crippen LogP contribution in [0.4, 0.5) is 0 Å². The summed E-state index contributed by atoms with van der Waals surface area (Å²) in [5.41, 5.74) is 0.819. The normalized spacial score (nSPS) is 10.9. The zero-order valence-electron chi connectivity index (χ0n) is 8.62. The molecule has 0 aliphatic carbocycles. The first-order chi connectivity index (χ1) is 8.25. The number of rotatable bonds is 1. The summed E-state index contributed by atoms with van der Waals surface area (Å²) in [6, 6.07) is 7.02. The molecule has 0 spiro atoms. The van der Waals surface area contributed by atoms with Crippen molar-refractivity contribution in [3.63, 3.8) is 0 Å². The Balaban J connectivity index is 2.27. The maximum Gasteiger partial charge on any atom is 0.300 e. The fourth-order valence-electron chi connectivity index (χ4n) is 1.62. The summed E-state index contributed by atoms with van der Waals surface area (Å²) in [5.74, 6) is 0. The monoisotopic (exact) mass is 246 g/mol. The Kier molecular flexibility index (Phi) is 2.19. The average Bonchev–Trinajstić information content (AvgIpc) is 2.80. The summed E-state index contributed by atoms with van der Waals surface area (Å²) in [4.78, 5) is 12.1. The molecule has 3 rings (SSSR count). The summed E-state index contributed by atoms with van der Waals surface area (Å²) in [7, 11) is 0. The molecule has 6 heteroatoms. The molecule has 0 saturated carbocycles. The van der Waals surface area contributed by atoms with Gasteiger partial charge in [-0.25, -0.2) is 0 Å². The molecule has 1 aromatic carbocycles. The Bertz CT molecular complexity index is 729. The molecule has 2 heterocycles. The van der Waals surface area contributed by atoms with E-state index in [4.69, 9.17) is 11.6 Å². The van der Waals surface area contributed by atoms with Crippen LogP contribution >= 0.6 is 11.6 Å². The predicted molar refractivity (Wildman–Crippen MR) is 63.6 cm³/mol. The van der Waals surface area contributed by atoms with Crippen LogP contribution in [0.3, 0.4) is 0 Å². The number of halogens is 1. The third kappa shape index (κ3) is 1.60. The van der Waals surface area contributed by atoms with E-state index in [-0.39, 0.29) is 5.56 Å². The first-order valence-corrected chi connectivity index (χ1v) is 5.30. The molecule has 5 nitrogen and oxygen atoms in total. The van der Waals surface area contributed by atoms with E-state index in [9.17, 15) is 4.79 Å². The van der Waals surface area contributed by atoms with E-state index in [1.165, 1.54) is 10.9 Å². The van der Waals surface area contributed by atoms with Crippen LogP contribution in [-0.4, -0.2) is 19.2 Å². The maximum absolute atomic E-state index is 12.1. The second kappa shape index (κ2) is 3.71. The Morgan fingerprint density at radius 1 is 1.12 bits per heavy atom. The van der Waals surface area contributed by atoms with Crippen molar-refractivity contribution < 1.29 is 0 Å². The van der Waals surface area contributed by atoms with Crippen LogP contribution in [0.25, 0.3) is 11.3 Å². The van der Waals surface area contributed by atoms with Gasteiger partial charge in [-0.2, -0.15) is 0 Å². The molecular weight excluding hydrogens is 240 g/mol. The predicted octanol–water partition coefficient (Wildman–Crippen LogP) is 1.53. The van der Waals surface area contributed by atoms with E-state index in [0.717, 1.165) is 5.69 Å². The molecule has 3 aromatic rings. The number of nitrogens with zero attached hydrogens (tertiary/aromatic N) is 4. The molecule has 0 unspecified atom stereocenters. The van der Waals surface area contributed by atoms with Crippen molar-refractivity contribution in [3.8, 4) is 5.69 Å². The molecule has 0 amide bonds. The van der Waals surface area contributed by atoms with Gasteiger partial charge in [0, 0.05) is 23.1 Å². The lowest BCUT2D eigenvalue weighted by molar-refractivity contribution is 0.950. The minimum Gasteiger partial charge on any atom is -0.283 e. The highest BCUT2D eigenvalue weighted by atomic mass is 35.5. The Hall–Kier alpha value is -2.14. The number of benzene rings is 1. The molecule has 2 aromatic heterocycles. The lowest BCUT2D eigenvalue weighted by Crippen LogP contribution is -2.19. The van der Waals surface area contributed by atoms with Gasteiger partial charge in [-0.05, 0) is 24.3 Å². The number of hydrogen-bond donors (Lipinski definition) is 0. The van der Waals surface area contributed by atoms with E-state index in [1.807, 2.05) is 0 Å². The van der Waals surface area contributed by atoms with Gasteiger partial charge in [-0.15, -0.1) is 10.2 Å². The molecule has 0 fully saturated rings. The van der Waals surface area contributed by atoms with Crippen LogP contribution in [0, 0.1) is 0 Å². The van der Waals surface area contributed by atoms with Gasteiger partial charge >= 0.3 is 5.56 Å². The first-order valence-electron chi connectivity index (χ1n) is 4.93. The largest absolute Gasteiger partial charge is 0.300 e. The van der Waals surface area contributed by atoms with Gasteiger partial charge in [0.1, 0.15) is 6.33 Å². The lowest BCUT2D eigenvalue weighted by Gasteiger charge is -2.05. The fourth-order valence-corrected chi connectivity index (χ4v) is 1.75. The average molecular weight is 247 g/mol. The third-order valence-electron chi connectivity index (χ3n) is 2.46. The van der Waals surface area contributed by atoms with E-state index in [2.05, 4.69) is 10.2 Å². The zero-order valence-corrected chi connectivity index (χ0v) is 9.37. The van der Waals surface area contributed by atoms with Crippen LogP contribution < -0.4 is 5.56 Å². The molecule has 17 heavy (non-hydrogen) atoms. The standard InChI is InChI=1S/C11H7ClN4O/c12-8-1-3-9(4-2-8)16-6-5-15-7-13-14-10(15)11(16)17/h1-7H. The Labute approximate surface area is 101 Å². The van der Waals surface area contributed by atoms with Gasteiger partial charge in [0.2, 0.25) is 5.65 Å². The minimum absolute atomic E-state index is 0.215. The molecule has 0 saturated heterocycles. The third-order valence-corrected chi connectivity index (χ3v) is 2.72. The van der Waals surface area contributed by atoms with Gasteiger partial charge < -0.3 is 0 Å². The quantitative estimate of drug-likeness (QED) is 0.654. The van der Waals surface area contributed by atoms with Crippen molar-refractivity contribution in [1.82, 2.24) is 19.2 Å². The first kappa shape index (κ1) is 10.0. The van der Waals surface area contributed by atoms with Crippen LogP contribution in [0.5, 0.6) is 0 Å². The van der Waals surface area contributed by atoms with Crippen molar-refractivity contribution in [1.29, 1.82) is 0 Å². The van der Waals surface area contributed by atoms with E-state index < -0.39 is 0 Å². The summed E-state index contributed by atoms with van der Waals surface area (Å²) < 4.78 is 3.08. The van der Waals surface area contributed by atoms with Crippen molar-refractivity contribution in [2.45, 2.75) is 0 Å². The number of hydrogen-bond acceptors (Lipinski definition) is 3. The van der Waals surface area contributed by atoms with Crippen LogP contribution in [0.2, 0.25) is 5.02 Å². The highest BCUT2D eigenvalue weighted by molar-refractivity contribution is 6.30. The molecule has 0 bridgehead atoms. The van der Waals surface area contributed by atoms with E-state index in [1.54, 1.807) is 41.1 Å². The van der Waals surface area contributed by atoms with Crippen LogP contribution in [0.1, 0.15) is 0 Å². The zero-order chi connectivity index (χ0) is 11.8. The molecule has 0 atom stereocenters. The van der Waals surface area contributed by atoms with Crippen LogP contribution in [0.15, 0.2) is 47.8 Å². The summed E-state index contributed by atoms with van der Waals surface area (Å²) in [6.07, 6.45) is 4.89. The fraction of sp³-hybridized carbons (Fsp3) is 0. The SMILES string of the molecule is O=c1c2nncn2ccn1-c1ccc(Cl)cc1. The number of fused-ring (bicyclic) bond motifs is 1. The summed E-state index contributed by atoms with van der Waals surface area (Å²) in [6.45, 7) is 0. The van der Waals surface area contributed by atoms with E-state index >= 15 is 0 Å². The van der Waals surface area contributed by atoms with E-state index in [0.29, 0.717) is 10.7 Å². The molecule has 0 aliphatic heterocycles. The van der Waals surface area contributed by atoms with Gasteiger partial charge in [0.15, 0.2) is 0 Å². The molecule has 0 N–H and O–H groups in total. The highest BCUT2D eigenvalue weighted by Gasteiger charge is 2.05. The van der Waals surface area contributed by atoms with Gasteiger partial charge in [-0.3, -0.25) is 13.8 Å². The van der Waals surface area contributed by atoms with Gasteiger partial charge in [0.25, 0.3) is 0 Å². The second-order valence-electron chi connectivity index (χ2n) is 3.51. The van der Waals surface area contributed by atoms with Gasteiger partial charge in [0.05, 0.1) is 0 Å². The number of aromatic nitrogens is 4. The van der Waals surface area contributed by atoms with Crippen molar-refractivity contribution in [3.05, 3.63) is 58.4 Å². The Morgan fingerprint density at radius 3 is 2.65 bits per heavy atom. The van der Waals surface area contributed by atoms with Crippen LogP contribution in [-0.2, 0) is 0 Å². The highest BCUT2D eigenvalue weighted by Crippen LogP contribution is 2.11. The molecule has 0 aliphatic rings. The summed E-state index contributed by atoms with van der Waals surface area (Å²) in [5, 5.41) is 8.10. The summed E-state index contributed by atoms with van der Waals surface area (Å²) >= 11 is 5.80. The molecular formula is C11H7ClN4O. The smallest absolute Gasteiger partial charge is 0.283 e. The lowest BCUT2D eigenvalue weighted by atomic mass is 10.3.